The Bertz CT molecular complexity index is 368. The Balaban J connectivity index is 3.13. The van der Waals surface area contributed by atoms with E-state index in [-0.39, 0.29) is 5.91 Å². The lowest BCUT2D eigenvalue weighted by Gasteiger charge is -2.08. The van der Waals surface area contributed by atoms with Crippen LogP contribution in [0, 0.1) is 0 Å². The minimum absolute atomic E-state index is 0.271. The van der Waals surface area contributed by atoms with Crippen LogP contribution < -0.4 is 16.6 Å². The number of nitrogens with two attached hydrogens (primary N) is 1. The first-order valence-corrected chi connectivity index (χ1v) is 5.36. The van der Waals surface area contributed by atoms with Gasteiger partial charge in [-0.15, -0.1) is 0 Å². The number of rotatable bonds is 2. The van der Waals surface area contributed by atoms with E-state index in [1.807, 2.05) is 0 Å². The summed E-state index contributed by atoms with van der Waals surface area (Å²) in [4.78, 5) is 11.5. The molecule has 0 aromatic heterocycles. The van der Waals surface area contributed by atoms with E-state index >= 15 is 0 Å². The van der Waals surface area contributed by atoms with Gasteiger partial charge >= 0.3 is 0 Å². The summed E-state index contributed by atoms with van der Waals surface area (Å²) in [6.45, 7) is 0. The molecular formula is C8H9Br2N3O. The van der Waals surface area contributed by atoms with E-state index in [1.54, 1.807) is 19.2 Å². The molecule has 0 heterocycles. The number of anilines is 1. The highest BCUT2D eigenvalue weighted by atomic mass is 79.9. The van der Waals surface area contributed by atoms with Crippen molar-refractivity contribution in [2.24, 2.45) is 0 Å². The summed E-state index contributed by atoms with van der Waals surface area (Å²) in [6.07, 6.45) is 0. The maximum Gasteiger partial charge on any atom is 0.267 e. The zero-order chi connectivity index (χ0) is 10.7. The first-order chi connectivity index (χ1) is 6.56. The Morgan fingerprint density at radius 1 is 1.43 bits per heavy atom. The van der Waals surface area contributed by atoms with Crippen LogP contribution in [0.1, 0.15) is 10.4 Å². The molecule has 4 nitrogen and oxygen atoms in total. The SMILES string of the molecule is CNNC(=O)c1cc(Br)cc(Br)c1N. The predicted molar refractivity (Wildman–Crippen MR) is 62.8 cm³/mol. The molecule has 4 N–H and O–H groups in total. The number of hydrazine groups is 1. The zero-order valence-corrected chi connectivity index (χ0v) is 10.6. The van der Waals surface area contributed by atoms with Crippen molar-refractivity contribution in [1.82, 2.24) is 10.9 Å². The summed E-state index contributed by atoms with van der Waals surface area (Å²) < 4.78 is 1.48. The van der Waals surface area contributed by atoms with Gasteiger partial charge < -0.3 is 5.73 Å². The zero-order valence-electron chi connectivity index (χ0n) is 7.40. The van der Waals surface area contributed by atoms with E-state index in [9.17, 15) is 4.79 Å². The minimum atomic E-state index is -0.271. The molecular weight excluding hydrogens is 314 g/mol. The van der Waals surface area contributed by atoms with E-state index in [4.69, 9.17) is 5.73 Å². The van der Waals surface area contributed by atoms with Crippen molar-refractivity contribution in [2.45, 2.75) is 0 Å². The third-order valence-electron chi connectivity index (χ3n) is 1.58. The average Bonchev–Trinajstić information content (AvgIpc) is 2.11. The van der Waals surface area contributed by atoms with Crippen LogP contribution in [-0.2, 0) is 0 Å². The highest BCUT2D eigenvalue weighted by molar-refractivity contribution is 9.11. The van der Waals surface area contributed by atoms with E-state index in [0.29, 0.717) is 15.7 Å². The Morgan fingerprint density at radius 3 is 2.64 bits per heavy atom. The first kappa shape index (κ1) is 11.5. The van der Waals surface area contributed by atoms with Gasteiger partial charge in [0.1, 0.15) is 0 Å². The van der Waals surface area contributed by atoms with Gasteiger partial charge in [0.05, 0.1) is 11.3 Å². The topological polar surface area (TPSA) is 67.1 Å². The Morgan fingerprint density at radius 2 is 2.07 bits per heavy atom. The summed E-state index contributed by atoms with van der Waals surface area (Å²) >= 11 is 6.54. The maximum absolute atomic E-state index is 11.5. The van der Waals surface area contributed by atoms with Crippen LogP contribution >= 0.6 is 31.9 Å². The van der Waals surface area contributed by atoms with E-state index in [0.717, 1.165) is 4.47 Å². The van der Waals surface area contributed by atoms with Crippen LogP contribution in [0.25, 0.3) is 0 Å². The molecule has 0 fully saturated rings. The molecule has 76 valence electrons. The average molecular weight is 323 g/mol. The molecule has 0 radical (unpaired) electrons. The van der Waals surface area contributed by atoms with Crippen LogP contribution in [0.3, 0.4) is 0 Å². The van der Waals surface area contributed by atoms with Gasteiger partial charge in [-0.25, -0.2) is 5.43 Å². The maximum atomic E-state index is 11.5. The molecule has 6 heteroatoms. The molecule has 0 saturated carbocycles. The van der Waals surface area contributed by atoms with Crippen LogP contribution in [0.2, 0.25) is 0 Å². The number of carbonyl (C=O) groups is 1. The lowest BCUT2D eigenvalue weighted by Crippen LogP contribution is -2.34. The smallest absolute Gasteiger partial charge is 0.267 e. The fourth-order valence-corrected chi connectivity index (χ4v) is 2.18. The normalized spacial score (nSPS) is 9.93. The van der Waals surface area contributed by atoms with E-state index in [2.05, 4.69) is 42.7 Å². The van der Waals surface area contributed by atoms with Gasteiger partial charge in [-0.3, -0.25) is 10.2 Å². The molecule has 1 amide bonds. The van der Waals surface area contributed by atoms with Crippen molar-refractivity contribution in [3.63, 3.8) is 0 Å². The van der Waals surface area contributed by atoms with Crippen molar-refractivity contribution in [3.8, 4) is 0 Å². The molecule has 0 spiro atoms. The third-order valence-corrected chi connectivity index (χ3v) is 2.69. The lowest BCUT2D eigenvalue weighted by molar-refractivity contribution is 0.0939. The third kappa shape index (κ3) is 2.46. The molecule has 0 bridgehead atoms. The van der Waals surface area contributed by atoms with Crippen molar-refractivity contribution >= 4 is 43.5 Å². The van der Waals surface area contributed by atoms with Gasteiger partial charge in [-0.05, 0) is 28.1 Å². The Kier molecular flexibility index (Phi) is 3.91. The van der Waals surface area contributed by atoms with Crippen LogP contribution in [0.5, 0.6) is 0 Å². The van der Waals surface area contributed by atoms with Crippen LogP contribution in [-0.4, -0.2) is 13.0 Å². The standard InChI is InChI=1S/C8H9Br2N3O/c1-12-13-8(14)5-2-4(9)3-6(10)7(5)11/h2-3,12H,11H2,1H3,(H,13,14). The van der Waals surface area contributed by atoms with Crippen molar-refractivity contribution < 1.29 is 4.79 Å². The number of nitrogens with one attached hydrogen (secondary N) is 2. The number of hydrogen-bond acceptors (Lipinski definition) is 3. The summed E-state index contributed by atoms with van der Waals surface area (Å²) in [7, 11) is 1.61. The van der Waals surface area contributed by atoms with E-state index < -0.39 is 0 Å². The number of halogens is 2. The van der Waals surface area contributed by atoms with Crippen LogP contribution in [0.4, 0.5) is 5.69 Å². The molecule has 0 atom stereocenters. The molecule has 0 aliphatic heterocycles. The summed E-state index contributed by atoms with van der Waals surface area (Å²) in [6, 6.07) is 3.44. The first-order valence-electron chi connectivity index (χ1n) is 3.78. The highest BCUT2D eigenvalue weighted by Gasteiger charge is 2.12. The highest BCUT2D eigenvalue weighted by Crippen LogP contribution is 2.27. The fourth-order valence-electron chi connectivity index (χ4n) is 0.953. The number of amides is 1. The van der Waals surface area contributed by atoms with Gasteiger partial charge in [-0.2, -0.15) is 0 Å². The molecule has 1 aromatic rings. The number of hydrogen-bond donors (Lipinski definition) is 3. The number of benzene rings is 1. The van der Waals surface area contributed by atoms with Crippen molar-refractivity contribution in [1.29, 1.82) is 0 Å². The second kappa shape index (κ2) is 4.77. The molecule has 0 unspecified atom stereocenters. The summed E-state index contributed by atoms with van der Waals surface area (Å²) in [5.41, 5.74) is 11.6. The lowest BCUT2D eigenvalue weighted by atomic mass is 10.2. The van der Waals surface area contributed by atoms with Gasteiger partial charge in [-0.1, -0.05) is 15.9 Å². The summed E-state index contributed by atoms with van der Waals surface area (Å²) in [5, 5.41) is 0. The molecule has 0 saturated heterocycles. The Labute approximate surface area is 98.5 Å². The Hall–Kier alpha value is -0.590. The predicted octanol–water partition coefficient (Wildman–Crippen LogP) is 1.66. The van der Waals surface area contributed by atoms with Crippen LogP contribution in [0.15, 0.2) is 21.1 Å². The minimum Gasteiger partial charge on any atom is -0.397 e. The summed E-state index contributed by atoms with van der Waals surface area (Å²) in [5.74, 6) is -0.271. The molecule has 0 aliphatic rings. The number of carbonyl (C=O) groups excluding carboxylic acids is 1. The van der Waals surface area contributed by atoms with E-state index in [1.165, 1.54) is 0 Å². The van der Waals surface area contributed by atoms with Crippen molar-refractivity contribution in [3.05, 3.63) is 26.6 Å². The molecule has 1 rings (SSSR count). The largest absolute Gasteiger partial charge is 0.397 e. The fraction of sp³-hybridized carbons (Fsp3) is 0.125. The van der Waals surface area contributed by atoms with Gasteiger partial charge in [0.15, 0.2) is 0 Å². The molecule has 1 aromatic carbocycles. The van der Waals surface area contributed by atoms with Gasteiger partial charge in [0.2, 0.25) is 0 Å². The van der Waals surface area contributed by atoms with Gasteiger partial charge in [0, 0.05) is 16.0 Å². The van der Waals surface area contributed by atoms with Gasteiger partial charge in [0.25, 0.3) is 5.91 Å². The second-order valence-corrected chi connectivity index (χ2v) is 4.32. The van der Waals surface area contributed by atoms with Crippen molar-refractivity contribution in [2.75, 3.05) is 12.8 Å². The molecule has 14 heavy (non-hydrogen) atoms. The quantitative estimate of drug-likeness (QED) is 0.573. The number of nitrogen functional groups attached to an aromatic ring is 1. The second-order valence-electron chi connectivity index (χ2n) is 2.55. The monoisotopic (exact) mass is 321 g/mol. The molecule has 0 aliphatic carbocycles.